The maximum atomic E-state index is 2.18. The predicted molar refractivity (Wildman–Crippen MR) is 49.6 cm³/mol. The van der Waals surface area contributed by atoms with Crippen LogP contribution >= 0.6 is 0 Å². The highest BCUT2D eigenvalue weighted by Gasteiger charge is 1.81. The minimum absolute atomic E-state index is 1.32. The lowest BCUT2D eigenvalue weighted by atomic mass is 10.1. The van der Waals surface area contributed by atoms with E-state index in [0.717, 1.165) is 0 Å². The second-order valence-electron chi connectivity index (χ2n) is 2.70. The Kier molecular flexibility index (Phi) is 3.46. The third-order valence-corrected chi connectivity index (χ3v) is 1.61. The van der Waals surface area contributed by atoms with Gasteiger partial charge in [0.15, 0.2) is 0 Å². The third-order valence-electron chi connectivity index (χ3n) is 1.61. The van der Waals surface area contributed by atoms with Crippen molar-refractivity contribution in [3.63, 3.8) is 0 Å². The van der Waals surface area contributed by atoms with Crippen LogP contribution in [0.1, 0.15) is 18.4 Å². The van der Waals surface area contributed by atoms with Gasteiger partial charge in [-0.2, -0.15) is 0 Å². The maximum Gasteiger partial charge on any atom is -0.0316 e. The van der Waals surface area contributed by atoms with Crippen LogP contribution in [-0.4, -0.2) is 0 Å². The average Bonchev–Trinajstić information content (AvgIpc) is 1.85. The van der Waals surface area contributed by atoms with Crippen molar-refractivity contribution >= 4 is 0 Å². The maximum absolute atomic E-state index is 2.18. The summed E-state index contributed by atoms with van der Waals surface area (Å²) in [5.41, 5.74) is 1.32. The quantitative estimate of drug-likeness (QED) is 0.492. The van der Waals surface area contributed by atoms with Crippen LogP contribution in [0, 0.1) is 6.92 Å². The van der Waals surface area contributed by atoms with E-state index < -0.39 is 0 Å². The number of rotatable bonds is 0. The molecule has 1 aliphatic rings. The van der Waals surface area contributed by atoms with E-state index in [9.17, 15) is 0 Å². The number of hydrogen-bond donors (Lipinski definition) is 0. The zero-order chi connectivity index (χ0) is 7.94. The van der Waals surface area contributed by atoms with Gasteiger partial charge in [0.1, 0.15) is 0 Å². The van der Waals surface area contributed by atoms with Crippen LogP contribution in [0.15, 0.2) is 42.5 Å². The molecule has 0 spiro atoms. The largest absolute Gasteiger partial charge is 0.0882 e. The van der Waals surface area contributed by atoms with E-state index in [1.54, 1.807) is 0 Å². The summed E-state index contributed by atoms with van der Waals surface area (Å²) >= 11 is 0. The summed E-state index contributed by atoms with van der Waals surface area (Å²) in [5, 5.41) is 0. The van der Waals surface area contributed by atoms with Gasteiger partial charge < -0.3 is 0 Å². The minimum atomic E-state index is 1.32. The Hall–Kier alpha value is -1.04. The molecule has 0 heteroatoms. The fourth-order valence-electron chi connectivity index (χ4n) is 0.701. The molecule has 0 saturated heterocycles. The van der Waals surface area contributed by atoms with E-state index >= 15 is 0 Å². The molecule has 0 saturated carbocycles. The summed E-state index contributed by atoms with van der Waals surface area (Å²) in [5.74, 6) is 0. The van der Waals surface area contributed by atoms with Gasteiger partial charge in [0.05, 0.1) is 0 Å². The number of allylic oxidation sites excluding steroid dienone is 2. The summed E-state index contributed by atoms with van der Waals surface area (Å²) in [6, 6.07) is 10.3. The van der Waals surface area contributed by atoms with Crippen LogP contribution < -0.4 is 0 Å². The number of benzene rings is 1. The first-order valence-corrected chi connectivity index (χ1v) is 4.06. The summed E-state index contributed by atoms with van der Waals surface area (Å²) in [7, 11) is 0. The van der Waals surface area contributed by atoms with Crippen molar-refractivity contribution in [2.24, 2.45) is 0 Å². The van der Waals surface area contributed by atoms with Gasteiger partial charge in [-0.15, -0.1) is 0 Å². The van der Waals surface area contributed by atoms with Crippen molar-refractivity contribution in [2.75, 3.05) is 0 Å². The molecule has 0 nitrogen and oxygen atoms in total. The Balaban J connectivity index is 0.000000128. The van der Waals surface area contributed by atoms with Crippen molar-refractivity contribution in [1.29, 1.82) is 0 Å². The molecule has 0 bridgehead atoms. The van der Waals surface area contributed by atoms with Crippen LogP contribution in [0.4, 0.5) is 0 Å². The molecule has 0 aliphatic heterocycles. The van der Waals surface area contributed by atoms with E-state index in [1.165, 1.54) is 18.4 Å². The molecule has 0 heterocycles. The molecule has 0 amide bonds. The summed E-state index contributed by atoms with van der Waals surface area (Å²) in [6.07, 6.45) is 7.00. The van der Waals surface area contributed by atoms with E-state index in [2.05, 4.69) is 31.2 Å². The van der Waals surface area contributed by atoms with Crippen LogP contribution in [0.2, 0.25) is 0 Å². The van der Waals surface area contributed by atoms with Crippen LogP contribution in [-0.2, 0) is 0 Å². The van der Waals surface area contributed by atoms with Gasteiger partial charge in [-0.05, 0) is 19.8 Å². The zero-order valence-electron chi connectivity index (χ0n) is 6.96. The fraction of sp³-hybridized carbons (Fsp3) is 0.273. The van der Waals surface area contributed by atoms with Crippen LogP contribution in [0.5, 0.6) is 0 Å². The Morgan fingerprint density at radius 1 is 0.909 bits per heavy atom. The van der Waals surface area contributed by atoms with Crippen molar-refractivity contribution in [3.8, 4) is 0 Å². The molecule has 0 unspecified atom stereocenters. The summed E-state index contributed by atoms with van der Waals surface area (Å²) < 4.78 is 0. The first kappa shape index (κ1) is 8.06. The molecule has 58 valence electrons. The lowest BCUT2D eigenvalue weighted by Gasteiger charge is -1.92. The molecule has 1 aromatic carbocycles. The molecule has 1 aliphatic carbocycles. The zero-order valence-corrected chi connectivity index (χ0v) is 6.96. The van der Waals surface area contributed by atoms with Gasteiger partial charge in [-0.3, -0.25) is 0 Å². The van der Waals surface area contributed by atoms with Crippen molar-refractivity contribution < 1.29 is 0 Å². The molecule has 11 heavy (non-hydrogen) atoms. The second-order valence-corrected chi connectivity index (χ2v) is 2.70. The second kappa shape index (κ2) is 4.73. The van der Waals surface area contributed by atoms with Crippen molar-refractivity contribution in [2.45, 2.75) is 19.8 Å². The fourth-order valence-corrected chi connectivity index (χ4v) is 0.701. The predicted octanol–water partition coefficient (Wildman–Crippen LogP) is 3.33. The molecule has 0 N–H and O–H groups in total. The average molecular weight is 146 g/mol. The van der Waals surface area contributed by atoms with Gasteiger partial charge in [0.2, 0.25) is 0 Å². The van der Waals surface area contributed by atoms with Crippen LogP contribution in [0.25, 0.3) is 0 Å². The molecular formula is C11H14. The van der Waals surface area contributed by atoms with Gasteiger partial charge in [-0.1, -0.05) is 48.0 Å². The normalized spacial score (nSPS) is 12.8. The molecule has 2 rings (SSSR count). The van der Waals surface area contributed by atoms with Crippen molar-refractivity contribution in [1.82, 2.24) is 0 Å². The third kappa shape index (κ3) is 3.61. The monoisotopic (exact) mass is 146 g/mol. The van der Waals surface area contributed by atoms with Crippen molar-refractivity contribution in [3.05, 3.63) is 48.0 Å². The lowest BCUT2D eigenvalue weighted by molar-refractivity contribution is 0.962. The van der Waals surface area contributed by atoms with Gasteiger partial charge in [0, 0.05) is 0 Å². The number of aryl methyl sites for hydroxylation is 1. The summed E-state index contributed by atoms with van der Waals surface area (Å²) in [4.78, 5) is 0. The molecule has 0 fully saturated rings. The molecule has 0 aromatic heterocycles. The summed E-state index contributed by atoms with van der Waals surface area (Å²) in [6.45, 7) is 2.08. The molecule has 1 aromatic rings. The van der Waals surface area contributed by atoms with E-state index in [-0.39, 0.29) is 0 Å². The highest BCUT2D eigenvalue weighted by molar-refractivity contribution is 5.11. The standard InChI is InChI=1S/C7H8.C4H6/c1-7-5-3-2-4-6-7;1-2-4-3-1/h2-6H,1H3;1-2H,3-4H2. The van der Waals surface area contributed by atoms with Crippen LogP contribution in [0.3, 0.4) is 0 Å². The number of hydrogen-bond acceptors (Lipinski definition) is 0. The first-order chi connectivity index (χ1) is 5.39. The van der Waals surface area contributed by atoms with Gasteiger partial charge in [-0.25, -0.2) is 0 Å². The van der Waals surface area contributed by atoms with E-state index in [0.29, 0.717) is 0 Å². The van der Waals surface area contributed by atoms with E-state index in [4.69, 9.17) is 0 Å². The SMILES string of the molecule is C1=CCC1.Cc1ccccc1. The lowest BCUT2D eigenvalue weighted by Crippen LogP contribution is -1.71. The molecular weight excluding hydrogens is 132 g/mol. The topological polar surface area (TPSA) is 0 Å². The highest BCUT2D eigenvalue weighted by atomic mass is 13.9. The van der Waals surface area contributed by atoms with E-state index in [1.807, 2.05) is 18.2 Å². The minimum Gasteiger partial charge on any atom is -0.0882 e. The Morgan fingerprint density at radius 3 is 1.55 bits per heavy atom. The Labute approximate surface area is 68.6 Å². The Bertz CT molecular complexity index is 203. The molecule has 0 atom stereocenters. The Morgan fingerprint density at radius 2 is 1.36 bits per heavy atom. The first-order valence-electron chi connectivity index (χ1n) is 4.06. The molecule has 0 radical (unpaired) electrons. The van der Waals surface area contributed by atoms with Gasteiger partial charge >= 0.3 is 0 Å². The van der Waals surface area contributed by atoms with Gasteiger partial charge in [0.25, 0.3) is 0 Å². The highest BCUT2D eigenvalue weighted by Crippen LogP contribution is 2.01. The smallest absolute Gasteiger partial charge is 0.0316 e.